The first kappa shape index (κ1) is 15.3. The van der Waals surface area contributed by atoms with Crippen molar-refractivity contribution in [3.05, 3.63) is 0 Å². The molecule has 18 heavy (non-hydrogen) atoms. The van der Waals surface area contributed by atoms with Crippen molar-refractivity contribution in [1.29, 1.82) is 0 Å². The molecule has 0 bridgehead atoms. The molecule has 0 aliphatic carbocycles. The van der Waals surface area contributed by atoms with Crippen molar-refractivity contribution >= 4 is 6.03 Å². The summed E-state index contributed by atoms with van der Waals surface area (Å²) >= 11 is 0. The molecule has 1 rings (SSSR count). The van der Waals surface area contributed by atoms with Crippen LogP contribution < -0.4 is 0 Å². The summed E-state index contributed by atoms with van der Waals surface area (Å²) in [6.07, 6.45) is 4.89. The molecule has 3 heteroatoms. The maximum Gasteiger partial charge on any atom is 0.320 e. The Morgan fingerprint density at radius 1 is 0.944 bits per heavy atom. The lowest BCUT2D eigenvalue weighted by molar-refractivity contribution is 0.142. The molecule has 0 N–H and O–H groups in total. The zero-order chi connectivity index (χ0) is 13.5. The van der Waals surface area contributed by atoms with Gasteiger partial charge in [0.05, 0.1) is 0 Å². The van der Waals surface area contributed by atoms with Crippen LogP contribution in [0, 0.1) is 11.8 Å². The van der Waals surface area contributed by atoms with Crippen molar-refractivity contribution in [2.45, 2.75) is 53.4 Å². The zero-order valence-corrected chi connectivity index (χ0v) is 12.6. The number of likely N-dealkylation sites (tertiary alicyclic amines) is 1. The van der Waals surface area contributed by atoms with E-state index in [1.54, 1.807) is 0 Å². The van der Waals surface area contributed by atoms with Crippen LogP contribution in [-0.2, 0) is 0 Å². The van der Waals surface area contributed by atoms with Gasteiger partial charge in [0.15, 0.2) is 0 Å². The third kappa shape index (κ3) is 5.28. The minimum Gasteiger partial charge on any atom is -0.325 e. The van der Waals surface area contributed by atoms with Gasteiger partial charge in [-0.1, -0.05) is 40.5 Å². The first-order valence-corrected chi connectivity index (χ1v) is 7.54. The molecule has 1 fully saturated rings. The third-order valence-corrected chi connectivity index (χ3v) is 3.32. The van der Waals surface area contributed by atoms with Crippen molar-refractivity contribution in [3.8, 4) is 0 Å². The minimum atomic E-state index is 0.263. The number of carbonyl (C=O) groups is 1. The summed E-state index contributed by atoms with van der Waals surface area (Å²) in [6, 6.07) is 0.263. The number of carbonyl (C=O) groups excluding carboxylic acids is 1. The Balaban J connectivity index is 2.60. The molecule has 0 aromatic rings. The number of hydrogen-bond acceptors (Lipinski definition) is 1. The first-order chi connectivity index (χ1) is 8.50. The molecule has 106 valence electrons. The van der Waals surface area contributed by atoms with E-state index in [1.807, 2.05) is 0 Å². The summed E-state index contributed by atoms with van der Waals surface area (Å²) in [5.41, 5.74) is 0. The summed E-state index contributed by atoms with van der Waals surface area (Å²) in [5, 5.41) is 0. The largest absolute Gasteiger partial charge is 0.325 e. The van der Waals surface area contributed by atoms with E-state index in [1.165, 1.54) is 25.7 Å². The van der Waals surface area contributed by atoms with Gasteiger partial charge in [0.25, 0.3) is 0 Å². The Hall–Kier alpha value is -0.730. The summed E-state index contributed by atoms with van der Waals surface area (Å²) in [7, 11) is 0. The molecule has 0 spiro atoms. The summed E-state index contributed by atoms with van der Waals surface area (Å²) < 4.78 is 0. The van der Waals surface area contributed by atoms with Gasteiger partial charge in [-0.25, -0.2) is 4.79 Å². The summed E-state index contributed by atoms with van der Waals surface area (Å²) in [6.45, 7) is 12.4. The van der Waals surface area contributed by atoms with Crippen molar-refractivity contribution < 1.29 is 4.79 Å². The number of urea groups is 1. The average molecular weight is 254 g/mol. The van der Waals surface area contributed by atoms with E-state index in [0.717, 1.165) is 26.2 Å². The molecule has 2 amide bonds. The molecule has 0 unspecified atom stereocenters. The van der Waals surface area contributed by atoms with Gasteiger partial charge in [-0.15, -0.1) is 0 Å². The van der Waals surface area contributed by atoms with Gasteiger partial charge in [-0.05, 0) is 24.7 Å². The first-order valence-electron chi connectivity index (χ1n) is 7.54. The van der Waals surface area contributed by atoms with Gasteiger partial charge in [-0.3, -0.25) is 0 Å². The van der Waals surface area contributed by atoms with Crippen LogP contribution in [0.3, 0.4) is 0 Å². The minimum absolute atomic E-state index is 0.263. The lowest BCUT2D eigenvalue weighted by atomic mass is 10.1. The Labute approximate surface area is 113 Å². The van der Waals surface area contributed by atoms with Gasteiger partial charge in [0.1, 0.15) is 0 Å². The predicted molar refractivity (Wildman–Crippen MR) is 76.7 cm³/mol. The zero-order valence-electron chi connectivity index (χ0n) is 12.6. The Bertz CT molecular complexity index is 233. The number of nitrogens with zero attached hydrogens (tertiary/aromatic N) is 2. The second-order valence-corrected chi connectivity index (χ2v) is 6.38. The third-order valence-electron chi connectivity index (χ3n) is 3.32. The molecule has 1 saturated heterocycles. The van der Waals surface area contributed by atoms with Crippen LogP contribution >= 0.6 is 0 Å². The number of rotatable bonds is 4. The van der Waals surface area contributed by atoms with E-state index in [9.17, 15) is 4.79 Å². The van der Waals surface area contributed by atoms with Crippen molar-refractivity contribution in [2.75, 3.05) is 26.2 Å². The highest BCUT2D eigenvalue weighted by Gasteiger charge is 2.22. The summed E-state index contributed by atoms with van der Waals surface area (Å²) in [5.74, 6) is 1.08. The Kier molecular flexibility index (Phi) is 6.51. The topological polar surface area (TPSA) is 23.6 Å². The summed E-state index contributed by atoms with van der Waals surface area (Å²) in [4.78, 5) is 16.7. The van der Waals surface area contributed by atoms with E-state index >= 15 is 0 Å². The van der Waals surface area contributed by atoms with Gasteiger partial charge in [-0.2, -0.15) is 0 Å². The van der Waals surface area contributed by atoms with Crippen molar-refractivity contribution in [2.24, 2.45) is 11.8 Å². The van der Waals surface area contributed by atoms with E-state index in [4.69, 9.17) is 0 Å². The van der Waals surface area contributed by atoms with Crippen LogP contribution in [-0.4, -0.2) is 42.0 Å². The molecule has 0 aromatic heterocycles. The smallest absolute Gasteiger partial charge is 0.320 e. The molecule has 0 atom stereocenters. The Morgan fingerprint density at radius 3 is 1.78 bits per heavy atom. The number of hydrogen-bond donors (Lipinski definition) is 0. The fourth-order valence-electron chi connectivity index (χ4n) is 2.57. The van der Waals surface area contributed by atoms with Crippen LogP contribution in [0.2, 0.25) is 0 Å². The van der Waals surface area contributed by atoms with Crippen LogP contribution in [0.4, 0.5) is 4.79 Å². The molecular weight excluding hydrogens is 224 g/mol. The quantitative estimate of drug-likeness (QED) is 0.752. The van der Waals surface area contributed by atoms with Crippen LogP contribution in [0.1, 0.15) is 53.4 Å². The molecule has 0 aromatic carbocycles. The van der Waals surface area contributed by atoms with Crippen LogP contribution in [0.15, 0.2) is 0 Å². The molecule has 3 nitrogen and oxygen atoms in total. The molecule has 0 radical (unpaired) electrons. The standard InChI is InChI=1S/C15H30N2O/c1-13(2)11-17(12-14(3)4)15(18)16-9-7-5-6-8-10-16/h13-14H,5-12H2,1-4H3. The van der Waals surface area contributed by atoms with E-state index < -0.39 is 0 Å². The van der Waals surface area contributed by atoms with Gasteiger partial charge < -0.3 is 9.80 Å². The highest BCUT2D eigenvalue weighted by molar-refractivity contribution is 5.74. The fourth-order valence-corrected chi connectivity index (χ4v) is 2.57. The van der Waals surface area contributed by atoms with E-state index in [2.05, 4.69) is 37.5 Å². The van der Waals surface area contributed by atoms with Gasteiger partial charge >= 0.3 is 6.03 Å². The highest BCUT2D eigenvalue weighted by Crippen LogP contribution is 2.14. The molecule has 1 aliphatic heterocycles. The van der Waals surface area contributed by atoms with Crippen molar-refractivity contribution in [1.82, 2.24) is 9.80 Å². The molecule has 1 heterocycles. The van der Waals surface area contributed by atoms with E-state index in [0.29, 0.717) is 11.8 Å². The van der Waals surface area contributed by atoms with Crippen LogP contribution in [0.5, 0.6) is 0 Å². The van der Waals surface area contributed by atoms with Gasteiger partial charge in [0, 0.05) is 26.2 Å². The lowest BCUT2D eigenvalue weighted by Gasteiger charge is -2.32. The highest BCUT2D eigenvalue weighted by atomic mass is 16.2. The van der Waals surface area contributed by atoms with Crippen LogP contribution in [0.25, 0.3) is 0 Å². The monoisotopic (exact) mass is 254 g/mol. The Morgan fingerprint density at radius 2 is 1.39 bits per heavy atom. The SMILES string of the molecule is CC(C)CN(CC(C)C)C(=O)N1CCCCCC1. The second-order valence-electron chi connectivity index (χ2n) is 6.38. The van der Waals surface area contributed by atoms with Crippen molar-refractivity contribution in [3.63, 3.8) is 0 Å². The maximum absolute atomic E-state index is 12.6. The normalized spacial score (nSPS) is 17.1. The number of amides is 2. The predicted octanol–water partition coefficient (Wildman–Crippen LogP) is 3.60. The molecule has 1 aliphatic rings. The second kappa shape index (κ2) is 7.65. The van der Waals surface area contributed by atoms with Gasteiger partial charge in [0.2, 0.25) is 0 Å². The van der Waals surface area contributed by atoms with E-state index in [-0.39, 0.29) is 6.03 Å². The fraction of sp³-hybridized carbons (Fsp3) is 0.933. The molecular formula is C15H30N2O. The lowest BCUT2D eigenvalue weighted by Crippen LogP contribution is -2.46. The molecule has 0 saturated carbocycles. The average Bonchev–Trinajstić information content (AvgIpc) is 2.54. The maximum atomic E-state index is 12.6.